The average molecular weight is 669 g/mol. The molecule has 2 aliphatic carbocycles. The first-order valence-electron chi connectivity index (χ1n) is 15.4. The third-order valence-electron chi connectivity index (χ3n) is 9.61. The molecule has 1 unspecified atom stereocenters. The zero-order valence-electron chi connectivity index (χ0n) is 26.3. The van der Waals surface area contributed by atoms with Crippen molar-refractivity contribution < 1.29 is 13.7 Å². The molecular weight excluding hydrogens is 621 g/mol. The number of carbonyl (C=O) groups excluding carboxylic acids is 1. The quantitative estimate of drug-likeness (QED) is 0.274. The molecule has 1 aliphatic heterocycles. The summed E-state index contributed by atoms with van der Waals surface area (Å²) in [7, 11) is -5.09. The van der Waals surface area contributed by atoms with Crippen LogP contribution >= 0.6 is 33.4 Å². The van der Waals surface area contributed by atoms with Crippen LogP contribution < -0.4 is 4.74 Å². The second-order valence-electron chi connectivity index (χ2n) is 13.9. The summed E-state index contributed by atoms with van der Waals surface area (Å²) in [5.41, 5.74) is 2.73. The van der Waals surface area contributed by atoms with Crippen molar-refractivity contribution in [1.29, 1.82) is 4.78 Å². The Bertz CT molecular complexity index is 1440. The number of nitrogens with one attached hydrogen (secondary N) is 1. The zero-order valence-corrected chi connectivity index (χ0v) is 29.5. The fourth-order valence-electron chi connectivity index (χ4n) is 5.75. The molecule has 0 radical (unpaired) electrons. The van der Waals surface area contributed by atoms with Crippen molar-refractivity contribution in [2.24, 2.45) is 5.92 Å². The van der Waals surface area contributed by atoms with E-state index in [1.807, 2.05) is 42.8 Å². The average Bonchev–Trinajstić information content (AvgIpc) is 3.83. The summed E-state index contributed by atoms with van der Waals surface area (Å²) in [6.07, 6.45) is 9.81. The molecule has 10 heteroatoms. The van der Waals surface area contributed by atoms with Gasteiger partial charge in [0.15, 0.2) is 0 Å². The highest BCUT2D eigenvalue weighted by molar-refractivity contribution is 8.36. The Morgan fingerprint density at radius 1 is 1.02 bits per heavy atom. The maximum Gasteiger partial charge on any atom is 0.275 e. The van der Waals surface area contributed by atoms with Crippen LogP contribution in [0.1, 0.15) is 99.7 Å². The fourth-order valence-corrected chi connectivity index (χ4v) is 12.0. The van der Waals surface area contributed by atoms with Gasteiger partial charge in [-0.25, -0.2) is 12.7 Å². The number of amides is 1. The van der Waals surface area contributed by atoms with Gasteiger partial charge in [-0.1, -0.05) is 44.0 Å². The molecule has 2 aromatic rings. The minimum absolute atomic E-state index is 0.228. The van der Waals surface area contributed by atoms with Gasteiger partial charge in [0.1, 0.15) is 15.7 Å². The van der Waals surface area contributed by atoms with Gasteiger partial charge in [-0.05, 0) is 130 Å². The molecule has 0 aromatic heterocycles. The Hall–Kier alpha value is -1.45. The Morgan fingerprint density at radius 3 is 2.16 bits per heavy atom. The summed E-state index contributed by atoms with van der Waals surface area (Å²) in [6.45, 7) is 11.1. The predicted octanol–water partition coefficient (Wildman–Crippen LogP) is 9.07. The lowest BCUT2D eigenvalue weighted by atomic mass is 9.95. The van der Waals surface area contributed by atoms with E-state index in [-0.39, 0.29) is 21.9 Å². The van der Waals surface area contributed by atoms with E-state index in [0.717, 1.165) is 68.5 Å². The molecule has 1 amide bonds. The third-order valence-corrected chi connectivity index (χ3v) is 17.9. The number of likely N-dealkylation sites (tertiary alicyclic amines) is 1. The molecule has 5 rings (SSSR count). The van der Waals surface area contributed by atoms with Crippen molar-refractivity contribution in [2.45, 2.75) is 88.2 Å². The zero-order chi connectivity index (χ0) is 31.3. The largest absolute Gasteiger partial charge is 0.493 e. The van der Waals surface area contributed by atoms with Gasteiger partial charge in [0.25, 0.3) is 5.91 Å². The van der Waals surface area contributed by atoms with Crippen molar-refractivity contribution >= 4 is 49.2 Å². The second kappa shape index (κ2) is 12.4. The van der Waals surface area contributed by atoms with Gasteiger partial charge >= 0.3 is 0 Å². The summed E-state index contributed by atoms with van der Waals surface area (Å²) < 4.78 is 30.4. The smallest absolute Gasteiger partial charge is 0.275 e. The minimum Gasteiger partial charge on any atom is -0.493 e. The monoisotopic (exact) mass is 667 g/mol. The number of piperidine rings is 1. The molecule has 2 atom stereocenters. The standard InChI is InChI=1S/C33H47Cl2N3O3S2/c1-22(26-17-27(34)20-28(35)18-26)37-15-13-23(14-16-37)21-41-31-12-9-25(19-30(31)24-7-8-24)32(39)38(42(5,6)33(2,3)4)43(36,40)29-10-11-29/h9,12,17-20,22-24,29,36H,7-8,10-11,13-16,21H2,1-6H3/t22-,43?/m0/s1. The molecular formula is C33H47Cl2N3O3S2. The summed E-state index contributed by atoms with van der Waals surface area (Å²) in [5.74, 6) is 1.41. The Morgan fingerprint density at radius 2 is 1.63 bits per heavy atom. The molecule has 2 saturated carbocycles. The highest BCUT2D eigenvalue weighted by Crippen LogP contribution is 2.59. The van der Waals surface area contributed by atoms with Crippen molar-refractivity contribution in [3.8, 4) is 5.75 Å². The van der Waals surface area contributed by atoms with Gasteiger partial charge in [-0.3, -0.25) is 9.69 Å². The number of hydrogen-bond donors (Lipinski definition) is 1. The predicted molar refractivity (Wildman–Crippen MR) is 182 cm³/mol. The number of carbonyl (C=O) groups is 1. The van der Waals surface area contributed by atoms with Crippen LogP contribution in [0.4, 0.5) is 0 Å². The number of ether oxygens (including phenoxy) is 1. The van der Waals surface area contributed by atoms with Crippen molar-refractivity contribution in [1.82, 2.24) is 8.61 Å². The fraction of sp³-hybridized carbons (Fsp3) is 0.606. The maximum absolute atomic E-state index is 14.1. The van der Waals surface area contributed by atoms with Crippen LogP contribution in [0.15, 0.2) is 36.4 Å². The van der Waals surface area contributed by atoms with Crippen LogP contribution in [0.25, 0.3) is 0 Å². The van der Waals surface area contributed by atoms with E-state index >= 15 is 0 Å². The van der Waals surface area contributed by atoms with Crippen LogP contribution in [0.5, 0.6) is 5.75 Å². The van der Waals surface area contributed by atoms with Gasteiger partial charge in [0, 0.05) is 26.4 Å². The first-order valence-corrected chi connectivity index (χ1v) is 20.2. The van der Waals surface area contributed by atoms with E-state index in [1.54, 1.807) is 6.07 Å². The van der Waals surface area contributed by atoms with Crippen molar-refractivity contribution in [2.75, 3.05) is 32.2 Å². The number of benzene rings is 2. The van der Waals surface area contributed by atoms with Crippen LogP contribution in [-0.2, 0) is 9.92 Å². The summed E-state index contributed by atoms with van der Waals surface area (Å²) in [4.78, 5) is 16.6. The molecule has 1 saturated heterocycles. The van der Waals surface area contributed by atoms with E-state index in [1.165, 1.54) is 3.71 Å². The topological polar surface area (TPSA) is 73.7 Å². The van der Waals surface area contributed by atoms with Crippen molar-refractivity contribution in [3.05, 3.63) is 63.1 Å². The molecule has 0 spiro atoms. The molecule has 1 N–H and O–H groups in total. The highest BCUT2D eigenvalue weighted by atomic mass is 35.5. The van der Waals surface area contributed by atoms with E-state index in [0.29, 0.717) is 34.1 Å². The molecule has 3 fully saturated rings. The third kappa shape index (κ3) is 7.19. The molecule has 1 heterocycles. The van der Waals surface area contributed by atoms with Crippen LogP contribution in [0.3, 0.4) is 0 Å². The Labute approximate surface area is 270 Å². The van der Waals surface area contributed by atoms with Crippen LogP contribution in [0.2, 0.25) is 10.0 Å². The van der Waals surface area contributed by atoms with Gasteiger partial charge in [0.05, 0.1) is 11.9 Å². The minimum atomic E-state index is -3.23. The number of nitrogens with zero attached hydrogens (tertiary/aromatic N) is 2. The Kier molecular flexibility index (Phi) is 9.49. The second-order valence-corrected chi connectivity index (χ2v) is 21.3. The normalized spacial score (nSPS) is 21.2. The SMILES string of the molecule is C[C@@H](c1cc(Cl)cc(Cl)c1)N1CCC(COc2ccc(C(=O)N(S(C)(C)C(C)(C)C)S(=N)(=O)C3CC3)cc2C2CC2)CC1. The lowest BCUT2D eigenvalue weighted by molar-refractivity contribution is 0.0925. The molecule has 43 heavy (non-hydrogen) atoms. The number of rotatable bonds is 10. The van der Waals surface area contributed by atoms with Crippen molar-refractivity contribution in [3.63, 3.8) is 0 Å². The van der Waals surface area contributed by atoms with Crippen LogP contribution in [-0.4, -0.2) is 60.9 Å². The molecule has 6 nitrogen and oxygen atoms in total. The summed E-state index contributed by atoms with van der Waals surface area (Å²) >= 11 is 12.5. The molecule has 238 valence electrons. The van der Waals surface area contributed by atoms with Gasteiger partial charge in [-0.2, -0.15) is 10.2 Å². The number of hydrogen-bond acceptors (Lipinski definition) is 5. The maximum atomic E-state index is 14.1. The lowest BCUT2D eigenvalue weighted by Crippen LogP contribution is -2.46. The Balaban J connectivity index is 1.27. The lowest BCUT2D eigenvalue weighted by Gasteiger charge is -2.52. The van der Waals surface area contributed by atoms with Gasteiger partial charge in [0.2, 0.25) is 0 Å². The first-order chi connectivity index (χ1) is 20.1. The van der Waals surface area contributed by atoms with E-state index in [2.05, 4.69) is 32.6 Å². The molecule has 0 bridgehead atoms. The van der Waals surface area contributed by atoms with E-state index in [9.17, 15) is 9.00 Å². The van der Waals surface area contributed by atoms with E-state index in [4.69, 9.17) is 32.7 Å². The van der Waals surface area contributed by atoms with Gasteiger partial charge < -0.3 is 4.74 Å². The van der Waals surface area contributed by atoms with E-state index < -0.39 is 20.1 Å². The summed E-state index contributed by atoms with van der Waals surface area (Å²) in [5, 5.41) is 1.11. The molecule has 2 aromatic carbocycles. The summed E-state index contributed by atoms with van der Waals surface area (Å²) in [6, 6.07) is 11.7. The number of halogens is 2. The molecule has 3 aliphatic rings. The highest BCUT2D eigenvalue weighted by Gasteiger charge is 2.48. The van der Waals surface area contributed by atoms with Gasteiger partial charge in [-0.15, -0.1) is 0 Å². The first kappa shape index (κ1) is 32.9. The van der Waals surface area contributed by atoms with Crippen LogP contribution in [0, 0.1) is 10.7 Å².